The lowest BCUT2D eigenvalue weighted by Gasteiger charge is -2.28. The number of nitrogens with one attached hydrogen (secondary N) is 1. The van der Waals surface area contributed by atoms with Gasteiger partial charge in [0, 0.05) is 24.9 Å². The summed E-state index contributed by atoms with van der Waals surface area (Å²) in [6.07, 6.45) is 0.0495. The molecule has 2 bridgehead atoms. The standard InChI is InChI=1S/C13H18F3N3O/c14-13(15,16)4-3-11-18-12(20-19-11)7-8-5-9-1-2-10(6-8)17-9/h8-10,17H,1-7H2. The minimum atomic E-state index is -4.17. The fraction of sp³-hybridized carbons (Fsp3) is 0.846. The first-order chi connectivity index (χ1) is 9.48. The Labute approximate surface area is 115 Å². The first kappa shape index (κ1) is 13.9. The molecule has 0 saturated carbocycles. The van der Waals surface area contributed by atoms with Crippen LogP contribution in [-0.2, 0) is 12.8 Å². The van der Waals surface area contributed by atoms with Gasteiger partial charge in [-0.2, -0.15) is 18.2 Å². The van der Waals surface area contributed by atoms with E-state index in [2.05, 4.69) is 15.5 Å². The van der Waals surface area contributed by atoms with Gasteiger partial charge in [-0.1, -0.05) is 5.16 Å². The number of alkyl halides is 3. The summed E-state index contributed by atoms with van der Waals surface area (Å²) in [4.78, 5) is 4.08. The van der Waals surface area contributed by atoms with Crippen molar-refractivity contribution in [2.75, 3.05) is 0 Å². The molecule has 1 aromatic heterocycles. The highest BCUT2D eigenvalue weighted by Gasteiger charge is 2.34. The highest BCUT2D eigenvalue weighted by molar-refractivity contribution is 4.96. The van der Waals surface area contributed by atoms with Gasteiger partial charge in [0.15, 0.2) is 5.82 Å². The van der Waals surface area contributed by atoms with Crippen LogP contribution in [-0.4, -0.2) is 28.4 Å². The topological polar surface area (TPSA) is 51.0 Å². The molecule has 4 nitrogen and oxygen atoms in total. The summed E-state index contributed by atoms with van der Waals surface area (Å²) in [5, 5.41) is 7.19. The van der Waals surface area contributed by atoms with Crippen molar-refractivity contribution in [3.63, 3.8) is 0 Å². The summed E-state index contributed by atoms with van der Waals surface area (Å²) < 4.78 is 41.4. The van der Waals surface area contributed by atoms with Crippen molar-refractivity contribution in [3.8, 4) is 0 Å². The molecule has 2 fully saturated rings. The van der Waals surface area contributed by atoms with Gasteiger partial charge < -0.3 is 9.84 Å². The Morgan fingerprint density at radius 1 is 1.20 bits per heavy atom. The van der Waals surface area contributed by atoms with E-state index in [0.29, 0.717) is 30.3 Å². The zero-order chi connectivity index (χ0) is 14.2. The maximum absolute atomic E-state index is 12.1. The van der Waals surface area contributed by atoms with Crippen molar-refractivity contribution >= 4 is 0 Å². The van der Waals surface area contributed by atoms with E-state index in [4.69, 9.17) is 4.52 Å². The van der Waals surface area contributed by atoms with Crippen LogP contribution in [0, 0.1) is 5.92 Å². The number of aromatic nitrogens is 2. The van der Waals surface area contributed by atoms with Crippen LogP contribution in [0.2, 0.25) is 0 Å². The van der Waals surface area contributed by atoms with E-state index in [9.17, 15) is 13.2 Å². The fourth-order valence-electron chi connectivity index (χ4n) is 3.32. The molecule has 20 heavy (non-hydrogen) atoms. The maximum Gasteiger partial charge on any atom is 0.389 e. The van der Waals surface area contributed by atoms with Crippen LogP contribution < -0.4 is 5.32 Å². The second-order valence-electron chi connectivity index (χ2n) is 5.90. The fourth-order valence-corrected chi connectivity index (χ4v) is 3.32. The molecule has 7 heteroatoms. The summed E-state index contributed by atoms with van der Waals surface area (Å²) in [6.45, 7) is 0. The van der Waals surface area contributed by atoms with E-state index < -0.39 is 12.6 Å². The molecule has 2 unspecified atom stereocenters. The van der Waals surface area contributed by atoms with Crippen molar-refractivity contribution in [2.24, 2.45) is 5.92 Å². The maximum atomic E-state index is 12.1. The predicted octanol–water partition coefficient (Wildman–Crippen LogP) is 2.64. The molecule has 1 N–H and O–H groups in total. The molecule has 0 radical (unpaired) electrons. The Balaban J connectivity index is 1.52. The Morgan fingerprint density at radius 2 is 1.90 bits per heavy atom. The van der Waals surface area contributed by atoms with Crippen LogP contribution in [0.25, 0.3) is 0 Å². The Hall–Kier alpha value is -1.11. The van der Waals surface area contributed by atoms with Crippen LogP contribution in [0.4, 0.5) is 13.2 Å². The highest BCUT2D eigenvalue weighted by Crippen LogP contribution is 2.32. The molecule has 0 aromatic carbocycles. The predicted molar refractivity (Wildman–Crippen MR) is 65.0 cm³/mol. The second-order valence-corrected chi connectivity index (χ2v) is 5.90. The van der Waals surface area contributed by atoms with E-state index in [-0.39, 0.29) is 12.2 Å². The minimum Gasteiger partial charge on any atom is -0.339 e. The van der Waals surface area contributed by atoms with E-state index in [0.717, 1.165) is 12.8 Å². The molecule has 0 aliphatic carbocycles. The van der Waals surface area contributed by atoms with Gasteiger partial charge in [-0.25, -0.2) is 0 Å². The average molecular weight is 289 g/mol. The van der Waals surface area contributed by atoms with Gasteiger partial charge in [0.25, 0.3) is 0 Å². The van der Waals surface area contributed by atoms with E-state index in [1.54, 1.807) is 0 Å². The molecule has 2 aliphatic rings. The molecule has 3 heterocycles. The zero-order valence-corrected chi connectivity index (χ0v) is 11.1. The minimum absolute atomic E-state index is 0.161. The highest BCUT2D eigenvalue weighted by atomic mass is 19.4. The van der Waals surface area contributed by atoms with Crippen LogP contribution in [0.15, 0.2) is 4.52 Å². The number of hydrogen-bond donors (Lipinski definition) is 1. The SMILES string of the molecule is FC(F)(F)CCc1noc(CC2CC3CCC(C2)N3)n1. The molecular formula is C13H18F3N3O. The first-order valence-electron chi connectivity index (χ1n) is 7.12. The van der Waals surface area contributed by atoms with Gasteiger partial charge in [-0.3, -0.25) is 0 Å². The second kappa shape index (κ2) is 5.35. The zero-order valence-electron chi connectivity index (χ0n) is 11.1. The lowest BCUT2D eigenvalue weighted by atomic mass is 9.90. The molecule has 2 aliphatic heterocycles. The number of aryl methyl sites for hydroxylation is 1. The van der Waals surface area contributed by atoms with Crippen LogP contribution in [0.3, 0.4) is 0 Å². The lowest BCUT2D eigenvalue weighted by Crippen LogP contribution is -2.38. The smallest absolute Gasteiger partial charge is 0.339 e. The number of rotatable bonds is 4. The third-order valence-electron chi connectivity index (χ3n) is 4.18. The van der Waals surface area contributed by atoms with E-state index >= 15 is 0 Å². The normalized spacial score (nSPS) is 29.9. The molecule has 2 atom stereocenters. The summed E-state index contributed by atoms with van der Waals surface area (Å²) in [7, 11) is 0. The summed E-state index contributed by atoms with van der Waals surface area (Å²) in [5.41, 5.74) is 0. The van der Waals surface area contributed by atoms with Gasteiger partial charge in [0.1, 0.15) is 0 Å². The van der Waals surface area contributed by atoms with Gasteiger partial charge in [-0.05, 0) is 31.6 Å². The van der Waals surface area contributed by atoms with Crippen LogP contribution in [0.5, 0.6) is 0 Å². The number of halogens is 3. The Morgan fingerprint density at radius 3 is 2.55 bits per heavy atom. The molecule has 3 rings (SSSR count). The number of nitrogens with zero attached hydrogens (tertiary/aromatic N) is 2. The van der Waals surface area contributed by atoms with Gasteiger partial charge in [0.05, 0.1) is 6.42 Å². The molecule has 0 spiro atoms. The number of piperidine rings is 1. The summed E-state index contributed by atoms with van der Waals surface area (Å²) in [5.74, 6) is 1.15. The third kappa shape index (κ3) is 3.50. The Bertz CT molecular complexity index is 448. The first-order valence-corrected chi connectivity index (χ1v) is 7.12. The molecule has 2 saturated heterocycles. The van der Waals surface area contributed by atoms with Gasteiger partial charge in [-0.15, -0.1) is 0 Å². The third-order valence-corrected chi connectivity index (χ3v) is 4.18. The average Bonchev–Trinajstić information content (AvgIpc) is 2.93. The van der Waals surface area contributed by atoms with Crippen LogP contribution >= 0.6 is 0 Å². The quantitative estimate of drug-likeness (QED) is 0.925. The van der Waals surface area contributed by atoms with Crippen molar-refractivity contribution in [3.05, 3.63) is 11.7 Å². The number of hydrogen-bond acceptors (Lipinski definition) is 4. The van der Waals surface area contributed by atoms with Gasteiger partial charge in [0.2, 0.25) is 5.89 Å². The molecular weight excluding hydrogens is 271 g/mol. The van der Waals surface area contributed by atoms with Crippen molar-refractivity contribution < 1.29 is 17.7 Å². The van der Waals surface area contributed by atoms with E-state index in [1.165, 1.54) is 12.8 Å². The van der Waals surface area contributed by atoms with Crippen molar-refractivity contribution in [1.29, 1.82) is 0 Å². The summed E-state index contributed by atoms with van der Waals surface area (Å²) >= 11 is 0. The van der Waals surface area contributed by atoms with E-state index in [1.807, 2.05) is 0 Å². The van der Waals surface area contributed by atoms with Crippen molar-refractivity contribution in [2.45, 2.75) is 63.2 Å². The molecule has 0 amide bonds. The van der Waals surface area contributed by atoms with Gasteiger partial charge >= 0.3 is 6.18 Å². The number of fused-ring (bicyclic) bond motifs is 2. The van der Waals surface area contributed by atoms with Crippen LogP contribution in [0.1, 0.15) is 43.8 Å². The lowest BCUT2D eigenvalue weighted by molar-refractivity contribution is -0.134. The summed E-state index contributed by atoms with van der Waals surface area (Å²) in [6, 6.07) is 1.18. The van der Waals surface area contributed by atoms with Crippen molar-refractivity contribution in [1.82, 2.24) is 15.5 Å². The monoisotopic (exact) mass is 289 g/mol. The Kier molecular flexibility index (Phi) is 3.70. The molecule has 1 aromatic rings. The molecule has 112 valence electrons. The largest absolute Gasteiger partial charge is 0.389 e.